The van der Waals surface area contributed by atoms with E-state index in [4.69, 9.17) is 37.7 Å². The van der Waals surface area contributed by atoms with E-state index in [0.717, 1.165) is 5.56 Å². The number of aromatic nitrogens is 2. The van der Waals surface area contributed by atoms with E-state index in [2.05, 4.69) is 0 Å². The van der Waals surface area contributed by atoms with Gasteiger partial charge in [-0.2, -0.15) is 21.6 Å². The van der Waals surface area contributed by atoms with Gasteiger partial charge >= 0.3 is 27.5 Å². The lowest BCUT2D eigenvalue weighted by Crippen LogP contribution is -2.42. The van der Waals surface area contributed by atoms with Crippen molar-refractivity contribution in [2.24, 2.45) is 0 Å². The van der Waals surface area contributed by atoms with Gasteiger partial charge in [-0.05, 0) is 86.9 Å². The molecule has 0 bridgehead atoms. The molecule has 272 valence electrons. The maximum Gasteiger partial charge on any atom is 0.445 e. The SMILES string of the molecule is CC(C)(C)OC(=O)S(=O)(=O)N(CC(=O)O)c1ccc(Cn2cc(-c3ccc(Cl)cc3Cl)nc2C=Cc2ccc(OCCCC(F)(F)F)cc2)cc1. The number of carboxylic acids is 1. The number of hydrogen-bond donors (Lipinski definition) is 1. The highest BCUT2D eigenvalue weighted by atomic mass is 35.5. The Balaban J connectivity index is 1.60. The predicted octanol–water partition coefficient (Wildman–Crippen LogP) is 8.95. The average Bonchev–Trinajstić information content (AvgIpc) is 3.42. The number of hydrogen-bond acceptors (Lipinski definition) is 7. The van der Waals surface area contributed by atoms with E-state index in [9.17, 15) is 36.3 Å². The van der Waals surface area contributed by atoms with Crippen LogP contribution in [-0.2, 0) is 26.1 Å². The van der Waals surface area contributed by atoms with E-state index >= 15 is 0 Å². The van der Waals surface area contributed by atoms with Crippen LogP contribution in [0.25, 0.3) is 23.4 Å². The molecule has 1 N–H and O–H groups in total. The number of anilines is 1. The predicted molar refractivity (Wildman–Crippen MR) is 190 cm³/mol. The minimum absolute atomic E-state index is 0.0563. The summed E-state index contributed by atoms with van der Waals surface area (Å²) in [5, 5.41) is 8.66. The van der Waals surface area contributed by atoms with Crippen molar-refractivity contribution < 1.29 is 45.8 Å². The third-order valence-electron chi connectivity index (χ3n) is 6.94. The molecule has 10 nitrogen and oxygen atoms in total. The van der Waals surface area contributed by atoms with Crippen LogP contribution in [0, 0.1) is 0 Å². The molecule has 0 amide bonds. The lowest BCUT2D eigenvalue weighted by molar-refractivity contribution is -0.137. The molecule has 16 heteroatoms. The van der Waals surface area contributed by atoms with Crippen LogP contribution in [0.4, 0.5) is 23.7 Å². The van der Waals surface area contributed by atoms with E-state index in [1.165, 1.54) is 32.9 Å². The van der Waals surface area contributed by atoms with E-state index in [0.29, 0.717) is 42.7 Å². The Labute approximate surface area is 303 Å². The van der Waals surface area contributed by atoms with Gasteiger partial charge in [0, 0.05) is 29.7 Å². The minimum Gasteiger partial charge on any atom is -0.494 e. The van der Waals surface area contributed by atoms with Gasteiger partial charge in [-0.1, -0.05) is 53.5 Å². The van der Waals surface area contributed by atoms with Gasteiger partial charge in [-0.3, -0.25) is 4.79 Å². The molecule has 4 aromatic rings. The fourth-order valence-electron chi connectivity index (χ4n) is 4.62. The second kappa shape index (κ2) is 16.2. The molecular weight excluding hydrogens is 734 g/mol. The Morgan fingerprint density at radius 1 is 0.980 bits per heavy atom. The Hall–Kier alpha value is -4.53. The fraction of sp³-hybridized carbons (Fsp3) is 0.286. The lowest BCUT2D eigenvalue weighted by Gasteiger charge is -2.25. The highest BCUT2D eigenvalue weighted by Crippen LogP contribution is 2.31. The Kier molecular flexibility index (Phi) is 12.5. The number of sulfonamides is 1. The molecule has 51 heavy (non-hydrogen) atoms. The van der Waals surface area contributed by atoms with Crippen LogP contribution in [0.1, 0.15) is 50.6 Å². The quantitative estimate of drug-likeness (QED) is 0.106. The molecule has 0 aliphatic rings. The molecular formula is C35H34Cl2F3N3O7S. The van der Waals surface area contributed by atoms with Crippen molar-refractivity contribution in [2.45, 2.75) is 51.9 Å². The number of carbonyl (C=O) groups is 2. The second-order valence-electron chi connectivity index (χ2n) is 12.2. The number of alkyl halides is 3. The molecule has 1 aromatic heterocycles. The average molecular weight is 769 g/mol. The minimum atomic E-state index is -4.85. The van der Waals surface area contributed by atoms with Crippen LogP contribution < -0.4 is 9.04 Å². The number of imidazole rings is 1. The maximum absolute atomic E-state index is 13.1. The summed E-state index contributed by atoms with van der Waals surface area (Å²) in [6.45, 7) is 3.63. The number of halogens is 5. The first kappa shape index (κ1) is 39.3. The number of aliphatic carboxylic acids is 1. The molecule has 4 rings (SSSR count). The van der Waals surface area contributed by atoms with Crippen molar-refractivity contribution in [2.75, 3.05) is 17.5 Å². The van der Waals surface area contributed by atoms with Crippen molar-refractivity contribution in [3.05, 3.63) is 99.9 Å². The number of nitrogens with zero attached hydrogens (tertiary/aromatic N) is 3. The molecule has 0 radical (unpaired) electrons. The molecule has 0 saturated carbocycles. The highest BCUT2D eigenvalue weighted by molar-refractivity contribution is 8.06. The van der Waals surface area contributed by atoms with E-state index in [-0.39, 0.29) is 25.3 Å². The van der Waals surface area contributed by atoms with Crippen molar-refractivity contribution in [3.8, 4) is 17.0 Å². The lowest BCUT2D eigenvalue weighted by atomic mass is 10.1. The summed E-state index contributed by atoms with van der Waals surface area (Å²) in [6, 6.07) is 17.7. The molecule has 0 atom stereocenters. The zero-order chi connectivity index (χ0) is 37.6. The number of ether oxygens (including phenoxy) is 2. The first-order valence-corrected chi connectivity index (χ1v) is 17.6. The van der Waals surface area contributed by atoms with Crippen LogP contribution >= 0.6 is 23.2 Å². The molecule has 0 spiro atoms. The Morgan fingerprint density at radius 3 is 2.24 bits per heavy atom. The summed E-state index contributed by atoms with van der Waals surface area (Å²) in [4.78, 5) is 28.9. The van der Waals surface area contributed by atoms with Crippen molar-refractivity contribution in [3.63, 3.8) is 0 Å². The first-order valence-electron chi connectivity index (χ1n) is 15.4. The zero-order valence-electron chi connectivity index (χ0n) is 27.7. The standard InChI is InChI=1S/C35H34Cl2F3N3O7S/c1-34(2,3)50-33(46)51(47,48)43(22-32(44)45)26-11-5-24(6-12-26)20-42-21-30(28-15-10-25(36)19-29(28)37)41-31(42)16-9-23-7-13-27(14-8-23)49-18-4-17-35(38,39)40/h5-16,19,21H,4,17-18,20,22H2,1-3H3,(H,44,45). The van der Waals surface area contributed by atoms with Crippen molar-refractivity contribution >= 4 is 62.3 Å². The topological polar surface area (TPSA) is 128 Å². The number of benzene rings is 3. The van der Waals surface area contributed by atoms with Gasteiger partial charge in [-0.25, -0.2) is 14.1 Å². The van der Waals surface area contributed by atoms with Gasteiger partial charge < -0.3 is 19.1 Å². The summed E-state index contributed by atoms with van der Waals surface area (Å²) in [5.74, 6) is -0.537. The normalized spacial score (nSPS) is 12.2. The third-order valence-corrected chi connectivity index (χ3v) is 8.91. The monoisotopic (exact) mass is 767 g/mol. The van der Waals surface area contributed by atoms with Crippen LogP contribution in [0.2, 0.25) is 10.0 Å². The highest BCUT2D eigenvalue weighted by Gasteiger charge is 2.36. The summed E-state index contributed by atoms with van der Waals surface area (Å²) in [6.07, 6.45) is -0.00212. The second-order valence-corrected chi connectivity index (χ2v) is 14.8. The summed E-state index contributed by atoms with van der Waals surface area (Å²) < 4.78 is 76.0. The van der Waals surface area contributed by atoms with Crippen LogP contribution in [0.5, 0.6) is 5.75 Å². The Morgan fingerprint density at radius 2 is 1.65 bits per heavy atom. The molecule has 0 saturated heterocycles. The molecule has 0 fully saturated rings. The van der Waals surface area contributed by atoms with Crippen molar-refractivity contribution in [1.82, 2.24) is 9.55 Å². The Bertz CT molecular complexity index is 1990. The van der Waals surface area contributed by atoms with Crippen LogP contribution in [-0.4, -0.2) is 59.3 Å². The molecule has 0 aliphatic carbocycles. The summed E-state index contributed by atoms with van der Waals surface area (Å²) >= 11 is 12.6. The molecule has 0 aliphatic heterocycles. The zero-order valence-corrected chi connectivity index (χ0v) is 30.0. The number of rotatable bonds is 13. The number of carbonyl (C=O) groups excluding carboxylic acids is 1. The maximum atomic E-state index is 13.1. The van der Waals surface area contributed by atoms with Gasteiger partial charge in [0.05, 0.1) is 23.0 Å². The van der Waals surface area contributed by atoms with Crippen LogP contribution in [0.15, 0.2) is 72.9 Å². The van der Waals surface area contributed by atoms with Crippen molar-refractivity contribution in [1.29, 1.82) is 0 Å². The smallest absolute Gasteiger partial charge is 0.445 e. The fourth-order valence-corrected chi connectivity index (χ4v) is 6.34. The molecule has 1 heterocycles. The van der Waals surface area contributed by atoms with Gasteiger partial charge in [-0.15, -0.1) is 0 Å². The summed E-state index contributed by atoms with van der Waals surface area (Å²) in [7, 11) is -4.85. The molecule has 3 aromatic carbocycles. The van der Waals surface area contributed by atoms with E-state index in [1.54, 1.807) is 72.9 Å². The van der Waals surface area contributed by atoms with Crippen LogP contribution in [0.3, 0.4) is 0 Å². The van der Waals surface area contributed by atoms with E-state index in [1.807, 2.05) is 4.57 Å². The number of carboxylic acid groups (broad SMARTS) is 1. The molecule has 0 unspecified atom stereocenters. The van der Waals surface area contributed by atoms with Gasteiger partial charge in [0.1, 0.15) is 23.7 Å². The third kappa shape index (κ3) is 11.5. The van der Waals surface area contributed by atoms with Gasteiger partial charge in [0.15, 0.2) is 0 Å². The van der Waals surface area contributed by atoms with Gasteiger partial charge in [0.2, 0.25) is 0 Å². The summed E-state index contributed by atoms with van der Waals surface area (Å²) in [5.41, 5.74) is 1.40. The largest absolute Gasteiger partial charge is 0.494 e. The van der Waals surface area contributed by atoms with Gasteiger partial charge in [0.25, 0.3) is 0 Å². The van der Waals surface area contributed by atoms with E-state index < -0.39 is 46.0 Å². The first-order chi connectivity index (χ1) is 23.8.